The number of anilines is 1. The largest absolute Gasteiger partial charge is 0.478 e. The Morgan fingerprint density at radius 3 is 2.79 bits per heavy atom. The van der Waals surface area contributed by atoms with Crippen molar-refractivity contribution in [2.45, 2.75) is 6.42 Å². The van der Waals surface area contributed by atoms with E-state index < -0.39 is 5.97 Å². The van der Waals surface area contributed by atoms with Crippen molar-refractivity contribution in [2.24, 2.45) is 0 Å². The fourth-order valence-corrected chi connectivity index (χ4v) is 3.48. The van der Waals surface area contributed by atoms with Gasteiger partial charge < -0.3 is 15.3 Å². The molecule has 2 N–H and O–H groups in total. The summed E-state index contributed by atoms with van der Waals surface area (Å²) in [5.41, 5.74) is 4.45. The lowest BCUT2D eigenvalue weighted by molar-refractivity contribution is -0.118. The van der Waals surface area contributed by atoms with Gasteiger partial charge in [-0.25, -0.2) is 4.79 Å². The highest BCUT2D eigenvalue weighted by atomic mass is 16.4. The molecule has 1 aliphatic carbocycles. The zero-order valence-electron chi connectivity index (χ0n) is 15.4. The highest BCUT2D eigenvalue weighted by Gasteiger charge is 2.23. The third-order valence-electron chi connectivity index (χ3n) is 4.86. The summed E-state index contributed by atoms with van der Waals surface area (Å²) in [4.78, 5) is 25.9. The molecule has 6 nitrogen and oxygen atoms in total. The number of nitrogens with zero attached hydrogens (tertiary/aromatic N) is 2. The van der Waals surface area contributed by atoms with E-state index in [0.717, 1.165) is 16.8 Å². The molecule has 0 spiro atoms. The fourth-order valence-electron chi connectivity index (χ4n) is 3.48. The zero-order valence-corrected chi connectivity index (χ0v) is 15.4. The molecule has 0 bridgehead atoms. The maximum Gasteiger partial charge on any atom is 0.336 e. The second-order valence-electron chi connectivity index (χ2n) is 6.76. The zero-order chi connectivity index (χ0) is 20.4. The van der Waals surface area contributed by atoms with E-state index in [9.17, 15) is 14.7 Å². The number of allylic oxidation sites excluding steroid dienone is 4. The smallest absolute Gasteiger partial charge is 0.336 e. The van der Waals surface area contributed by atoms with Crippen LogP contribution in [0.4, 0.5) is 5.69 Å². The van der Waals surface area contributed by atoms with Crippen LogP contribution in [0.3, 0.4) is 0 Å². The summed E-state index contributed by atoms with van der Waals surface area (Å²) in [5.74, 6) is -1.17. The molecule has 0 aromatic heterocycles. The van der Waals surface area contributed by atoms with Crippen molar-refractivity contribution >= 4 is 23.1 Å². The Hall–Kier alpha value is -4.11. The SMILES string of the molecule is N#Cc1cccc(N2C=C3CC=C(c4ccccc4C(=O)O)C=C3NC(=O)C2)c1. The summed E-state index contributed by atoms with van der Waals surface area (Å²) >= 11 is 0. The standard InChI is InChI=1S/C23H17N3O3/c24-12-15-4-3-5-18(10-15)26-13-17-9-8-16(11-21(17)25-22(27)14-26)19-6-1-2-7-20(19)23(28)29/h1-8,10-11,13H,9,14H2,(H,25,27)(H,28,29). The first-order chi connectivity index (χ1) is 14.0. The molecular formula is C23H17N3O3. The first kappa shape index (κ1) is 18.3. The number of rotatable bonds is 3. The lowest BCUT2D eigenvalue weighted by atomic mass is 9.92. The Morgan fingerprint density at radius 1 is 1.17 bits per heavy atom. The van der Waals surface area contributed by atoms with Crippen LogP contribution in [0.2, 0.25) is 0 Å². The number of fused-ring (bicyclic) bond motifs is 1. The van der Waals surface area contributed by atoms with Crippen LogP contribution < -0.4 is 10.2 Å². The number of carboxylic acid groups (broad SMARTS) is 1. The van der Waals surface area contributed by atoms with Crippen molar-refractivity contribution in [3.05, 3.63) is 94.8 Å². The summed E-state index contributed by atoms with van der Waals surface area (Å²) in [6, 6.07) is 16.0. The molecule has 0 unspecified atom stereocenters. The number of nitriles is 1. The molecule has 1 amide bonds. The minimum Gasteiger partial charge on any atom is -0.478 e. The molecule has 0 saturated heterocycles. The number of carbonyl (C=O) groups excluding carboxylic acids is 1. The minimum atomic E-state index is -0.991. The maximum atomic E-state index is 12.5. The quantitative estimate of drug-likeness (QED) is 0.847. The normalized spacial score (nSPS) is 15.8. The molecule has 0 atom stereocenters. The van der Waals surface area contributed by atoms with Crippen molar-refractivity contribution < 1.29 is 14.7 Å². The molecule has 142 valence electrons. The number of hydrogen-bond acceptors (Lipinski definition) is 4. The van der Waals surface area contributed by atoms with Crippen LogP contribution in [0.5, 0.6) is 0 Å². The third-order valence-corrected chi connectivity index (χ3v) is 4.86. The van der Waals surface area contributed by atoms with E-state index in [-0.39, 0.29) is 18.0 Å². The van der Waals surface area contributed by atoms with Crippen LogP contribution in [-0.4, -0.2) is 23.5 Å². The van der Waals surface area contributed by atoms with Gasteiger partial charge in [-0.15, -0.1) is 0 Å². The summed E-state index contributed by atoms with van der Waals surface area (Å²) in [7, 11) is 0. The van der Waals surface area contributed by atoms with Gasteiger partial charge in [-0.3, -0.25) is 4.79 Å². The van der Waals surface area contributed by atoms with Crippen molar-refractivity contribution in [2.75, 3.05) is 11.4 Å². The molecule has 29 heavy (non-hydrogen) atoms. The lowest BCUT2D eigenvalue weighted by Gasteiger charge is -2.19. The van der Waals surface area contributed by atoms with Gasteiger partial charge in [-0.2, -0.15) is 5.26 Å². The van der Waals surface area contributed by atoms with Crippen molar-refractivity contribution in [3.8, 4) is 6.07 Å². The van der Waals surface area contributed by atoms with Crippen molar-refractivity contribution in [1.29, 1.82) is 5.26 Å². The van der Waals surface area contributed by atoms with Crippen molar-refractivity contribution in [1.82, 2.24) is 5.32 Å². The predicted octanol–water partition coefficient (Wildman–Crippen LogP) is 3.45. The molecule has 0 radical (unpaired) electrons. The molecule has 0 fully saturated rings. The van der Waals surface area contributed by atoms with Gasteiger partial charge in [-0.05, 0) is 53.5 Å². The first-order valence-corrected chi connectivity index (χ1v) is 9.07. The van der Waals surface area contributed by atoms with Gasteiger partial charge in [0.2, 0.25) is 5.91 Å². The number of nitrogens with one attached hydrogen (secondary N) is 1. The minimum absolute atomic E-state index is 0.122. The number of carboxylic acids is 1. The second-order valence-corrected chi connectivity index (χ2v) is 6.76. The summed E-state index contributed by atoms with van der Waals surface area (Å²) in [5, 5.41) is 21.5. The van der Waals surface area contributed by atoms with Crippen LogP contribution in [0, 0.1) is 11.3 Å². The molecule has 2 aromatic rings. The van der Waals surface area contributed by atoms with Crippen LogP contribution >= 0.6 is 0 Å². The number of hydrogen-bond donors (Lipinski definition) is 2. The topological polar surface area (TPSA) is 93.4 Å². The molecule has 1 aliphatic heterocycles. The van der Waals surface area contributed by atoms with Crippen LogP contribution in [0.25, 0.3) is 5.57 Å². The van der Waals surface area contributed by atoms with Gasteiger partial charge in [0.1, 0.15) is 6.54 Å². The van der Waals surface area contributed by atoms with Gasteiger partial charge >= 0.3 is 5.97 Å². The van der Waals surface area contributed by atoms with Gasteiger partial charge in [0.15, 0.2) is 0 Å². The molecular weight excluding hydrogens is 366 g/mol. The van der Waals surface area contributed by atoms with Crippen LogP contribution in [-0.2, 0) is 4.79 Å². The molecule has 1 heterocycles. The van der Waals surface area contributed by atoms with Crippen molar-refractivity contribution in [3.63, 3.8) is 0 Å². The number of aromatic carboxylic acids is 1. The number of benzene rings is 2. The van der Waals surface area contributed by atoms with E-state index >= 15 is 0 Å². The summed E-state index contributed by atoms with van der Waals surface area (Å²) < 4.78 is 0. The Labute approximate surface area is 167 Å². The van der Waals surface area contributed by atoms with Gasteiger partial charge in [0.05, 0.1) is 17.2 Å². The highest BCUT2D eigenvalue weighted by molar-refractivity contribution is 5.97. The summed E-state index contributed by atoms with van der Waals surface area (Å²) in [6.45, 7) is 0.122. The van der Waals surface area contributed by atoms with E-state index in [2.05, 4.69) is 11.4 Å². The molecule has 2 aromatic carbocycles. The monoisotopic (exact) mass is 383 g/mol. The Balaban J connectivity index is 1.71. The third kappa shape index (κ3) is 3.66. The maximum absolute atomic E-state index is 12.5. The Morgan fingerprint density at radius 2 is 2.00 bits per heavy atom. The Kier molecular flexibility index (Phi) is 4.71. The molecule has 0 saturated carbocycles. The average Bonchev–Trinajstić information content (AvgIpc) is 2.91. The van der Waals surface area contributed by atoms with Gasteiger partial charge in [-0.1, -0.05) is 30.3 Å². The lowest BCUT2D eigenvalue weighted by Crippen LogP contribution is -2.31. The summed E-state index contributed by atoms with van der Waals surface area (Å²) in [6.07, 6.45) is 6.21. The second kappa shape index (κ2) is 7.49. The first-order valence-electron chi connectivity index (χ1n) is 9.07. The van der Waals surface area contributed by atoms with Gasteiger partial charge in [0, 0.05) is 17.6 Å². The Bertz CT molecular complexity index is 1150. The van der Waals surface area contributed by atoms with Crippen LogP contribution in [0.15, 0.2) is 78.2 Å². The van der Waals surface area contributed by atoms with Crippen LogP contribution in [0.1, 0.15) is 27.9 Å². The average molecular weight is 383 g/mol. The molecule has 2 aliphatic rings. The molecule has 6 heteroatoms. The highest BCUT2D eigenvalue weighted by Crippen LogP contribution is 2.31. The predicted molar refractivity (Wildman–Crippen MR) is 109 cm³/mol. The van der Waals surface area contributed by atoms with E-state index in [1.165, 1.54) is 0 Å². The van der Waals surface area contributed by atoms with E-state index in [4.69, 9.17) is 5.26 Å². The fraction of sp³-hybridized carbons (Fsp3) is 0.0870. The number of carbonyl (C=O) groups is 2. The van der Waals surface area contributed by atoms with E-state index in [0.29, 0.717) is 23.2 Å². The van der Waals surface area contributed by atoms with Gasteiger partial charge in [0.25, 0.3) is 0 Å². The molecule has 4 rings (SSSR count). The van der Waals surface area contributed by atoms with E-state index in [1.54, 1.807) is 42.5 Å². The number of amides is 1. The van der Waals surface area contributed by atoms with E-state index in [1.807, 2.05) is 29.3 Å².